The highest BCUT2D eigenvalue weighted by Crippen LogP contribution is 2.32. The number of halogens is 1. The molecule has 2 aromatic carbocycles. The molecule has 1 N–H and O–H groups in total. The van der Waals surface area contributed by atoms with Gasteiger partial charge in [-0.25, -0.2) is 4.39 Å². The molecule has 0 aliphatic rings. The number of aromatic hydroxyl groups is 1. The van der Waals surface area contributed by atoms with E-state index >= 15 is 0 Å². The van der Waals surface area contributed by atoms with Gasteiger partial charge in [0.1, 0.15) is 11.6 Å². The Balaban J connectivity index is 1.83. The summed E-state index contributed by atoms with van der Waals surface area (Å²) >= 11 is 0. The zero-order valence-electron chi connectivity index (χ0n) is 13.5. The summed E-state index contributed by atoms with van der Waals surface area (Å²) in [5.41, 5.74) is 1.20. The maximum absolute atomic E-state index is 13.1. The van der Waals surface area contributed by atoms with Crippen LogP contribution in [0.5, 0.6) is 11.6 Å². The molecular weight excluding hydrogens is 325 g/mol. The smallest absolute Gasteiger partial charge is 0.320 e. The molecule has 0 spiro atoms. The molecule has 6 heteroatoms. The first-order valence-corrected chi connectivity index (χ1v) is 7.78. The van der Waals surface area contributed by atoms with Crippen molar-refractivity contribution in [1.82, 2.24) is 4.98 Å². The van der Waals surface area contributed by atoms with Crippen molar-refractivity contribution < 1.29 is 23.4 Å². The molecule has 0 fully saturated rings. The minimum atomic E-state index is -0.547. The summed E-state index contributed by atoms with van der Waals surface area (Å²) in [4.78, 5) is 16.5. The number of ether oxygens (including phenoxy) is 1. The van der Waals surface area contributed by atoms with E-state index < -0.39 is 11.9 Å². The molecule has 0 saturated carbocycles. The fraction of sp³-hybridized carbons (Fsp3) is 0.158. The van der Waals surface area contributed by atoms with E-state index in [0.717, 1.165) is 0 Å². The molecular formula is C19H16FNO4. The van der Waals surface area contributed by atoms with Crippen LogP contribution in [-0.2, 0) is 4.79 Å². The van der Waals surface area contributed by atoms with Gasteiger partial charge in [-0.1, -0.05) is 31.2 Å². The molecule has 0 aliphatic carbocycles. The molecule has 0 bridgehead atoms. The number of oxazole rings is 1. The minimum absolute atomic E-state index is 0.0242. The van der Waals surface area contributed by atoms with Crippen LogP contribution in [0, 0.1) is 5.82 Å². The lowest BCUT2D eigenvalue weighted by atomic mass is 9.97. The molecule has 0 amide bonds. The van der Waals surface area contributed by atoms with Gasteiger partial charge in [0.2, 0.25) is 0 Å². The number of esters is 1. The van der Waals surface area contributed by atoms with Gasteiger partial charge in [0.25, 0.3) is 5.88 Å². The third-order valence-corrected chi connectivity index (χ3v) is 3.81. The van der Waals surface area contributed by atoms with E-state index in [0.29, 0.717) is 17.5 Å². The molecule has 0 saturated heterocycles. The number of carbonyl (C=O) groups is 1. The topological polar surface area (TPSA) is 72.6 Å². The number of phenolic OH excluding ortho intramolecular Hbond substituents is 1. The summed E-state index contributed by atoms with van der Waals surface area (Å²) < 4.78 is 23.8. The Morgan fingerprint density at radius 1 is 1.28 bits per heavy atom. The van der Waals surface area contributed by atoms with Crippen molar-refractivity contribution in [2.75, 3.05) is 0 Å². The number of carbonyl (C=O) groups excluding carboxylic acids is 1. The van der Waals surface area contributed by atoms with Gasteiger partial charge in [0.15, 0.2) is 12.2 Å². The van der Waals surface area contributed by atoms with Crippen LogP contribution in [0.2, 0.25) is 0 Å². The summed E-state index contributed by atoms with van der Waals surface area (Å²) in [6.07, 6.45) is 1.66. The van der Waals surface area contributed by atoms with Crippen molar-refractivity contribution in [3.63, 3.8) is 0 Å². The quantitative estimate of drug-likeness (QED) is 0.701. The highest BCUT2D eigenvalue weighted by Gasteiger charge is 2.24. The van der Waals surface area contributed by atoms with E-state index in [2.05, 4.69) is 4.98 Å². The fourth-order valence-electron chi connectivity index (χ4n) is 2.55. The molecule has 25 heavy (non-hydrogen) atoms. The molecule has 1 atom stereocenters. The van der Waals surface area contributed by atoms with Crippen molar-refractivity contribution >= 4 is 5.97 Å². The van der Waals surface area contributed by atoms with Gasteiger partial charge in [-0.2, -0.15) is 4.98 Å². The van der Waals surface area contributed by atoms with Crippen LogP contribution < -0.4 is 4.74 Å². The van der Waals surface area contributed by atoms with E-state index in [4.69, 9.17) is 9.15 Å². The zero-order valence-corrected chi connectivity index (χ0v) is 13.5. The second-order valence-corrected chi connectivity index (χ2v) is 5.47. The normalized spacial score (nSPS) is 11.9. The maximum atomic E-state index is 13.1. The number of benzene rings is 2. The lowest BCUT2D eigenvalue weighted by Gasteiger charge is -2.13. The minimum Gasteiger partial charge on any atom is -0.508 e. The number of rotatable bonds is 5. The fourth-order valence-corrected chi connectivity index (χ4v) is 2.55. The molecule has 128 valence electrons. The lowest BCUT2D eigenvalue weighted by molar-refractivity contribution is -0.136. The predicted molar refractivity (Wildman–Crippen MR) is 88.7 cm³/mol. The summed E-state index contributed by atoms with van der Waals surface area (Å²) in [6, 6.07) is 12.1. The molecule has 0 aliphatic heterocycles. The van der Waals surface area contributed by atoms with Crippen molar-refractivity contribution in [3.05, 3.63) is 66.3 Å². The van der Waals surface area contributed by atoms with E-state index in [1.807, 2.05) is 6.92 Å². The number of aromatic nitrogens is 1. The maximum Gasteiger partial charge on any atom is 0.320 e. The number of nitrogens with zero attached hydrogens (tertiary/aromatic N) is 1. The lowest BCUT2D eigenvalue weighted by Crippen LogP contribution is -2.18. The van der Waals surface area contributed by atoms with E-state index in [-0.39, 0.29) is 23.2 Å². The highest BCUT2D eigenvalue weighted by atomic mass is 19.1. The van der Waals surface area contributed by atoms with Crippen LogP contribution in [0.1, 0.15) is 24.8 Å². The van der Waals surface area contributed by atoms with Crippen LogP contribution >= 0.6 is 0 Å². The Hall–Kier alpha value is -3.15. The van der Waals surface area contributed by atoms with Crippen molar-refractivity contribution in [3.8, 4) is 23.0 Å². The Labute approximate surface area is 143 Å². The Morgan fingerprint density at radius 3 is 2.72 bits per heavy atom. The van der Waals surface area contributed by atoms with Crippen LogP contribution in [0.25, 0.3) is 11.3 Å². The summed E-state index contributed by atoms with van der Waals surface area (Å²) in [6.45, 7) is 1.84. The van der Waals surface area contributed by atoms with Crippen molar-refractivity contribution in [2.45, 2.75) is 19.3 Å². The zero-order chi connectivity index (χ0) is 17.8. The molecule has 1 unspecified atom stereocenters. The monoisotopic (exact) mass is 341 g/mol. The SMILES string of the molecule is CCC(C(=O)Oc1ncoc1-c1cccc(O)c1)c1ccc(F)cc1. The third-order valence-electron chi connectivity index (χ3n) is 3.81. The van der Waals surface area contributed by atoms with Crippen molar-refractivity contribution in [1.29, 1.82) is 0 Å². The standard InChI is InChI=1S/C19H16FNO4/c1-2-16(12-6-8-14(20)9-7-12)19(23)25-18-17(24-11-21-18)13-4-3-5-15(22)10-13/h3-11,16,22H,2H2,1H3. The van der Waals surface area contributed by atoms with Gasteiger partial charge in [0.05, 0.1) is 5.92 Å². The van der Waals surface area contributed by atoms with Gasteiger partial charge < -0.3 is 14.3 Å². The first kappa shape index (κ1) is 16.7. The summed E-state index contributed by atoms with van der Waals surface area (Å²) in [5.74, 6) is -1.09. The van der Waals surface area contributed by atoms with Crippen molar-refractivity contribution in [2.24, 2.45) is 0 Å². The molecule has 5 nitrogen and oxygen atoms in total. The highest BCUT2D eigenvalue weighted by molar-refractivity contribution is 5.81. The van der Waals surface area contributed by atoms with E-state index in [1.54, 1.807) is 24.3 Å². The first-order valence-electron chi connectivity index (χ1n) is 7.78. The van der Waals surface area contributed by atoms with Gasteiger partial charge in [-0.3, -0.25) is 4.79 Å². The second-order valence-electron chi connectivity index (χ2n) is 5.47. The average molecular weight is 341 g/mol. The second kappa shape index (κ2) is 7.17. The molecule has 3 aromatic rings. The predicted octanol–water partition coefficient (Wildman–Crippen LogP) is 4.29. The number of phenols is 1. The summed E-state index contributed by atoms with van der Waals surface area (Å²) in [5, 5.41) is 9.58. The first-order chi connectivity index (χ1) is 12.1. The van der Waals surface area contributed by atoms with Crippen LogP contribution in [0.15, 0.2) is 59.3 Å². The molecule has 1 heterocycles. The largest absolute Gasteiger partial charge is 0.508 e. The Kier molecular flexibility index (Phi) is 4.79. The van der Waals surface area contributed by atoms with Gasteiger partial charge in [0, 0.05) is 5.56 Å². The van der Waals surface area contributed by atoms with Crippen LogP contribution in [0.3, 0.4) is 0 Å². The molecule has 3 rings (SSSR count). The van der Waals surface area contributed by atoms with Crippen LogP contribution in [0.4, 0.5) is 4.39 Å². The Bertz CT molecular complexity index is 873. The average Bonchev–Trinajstić information content (AvgIpc) is 3.05. The van der Waals surface area contributed by atoms with Gasteiger partial charge in [-0.05, 0) is 36.2 Å². The Morgan fingerprint density at radius 2 is 2.04 bits per heavy atom. The van der Waals surface area contributed by atoms with Gasteiger partial charge in [-0.15, -0.1) is 0 Å². The number of hydrogen-bond acceptors (Lipinski definition) is 5. The third kappa shape index (κ3) is 3.68. The van der Waals surface area contributed by atoms with Gasteiger partial charge >= 0.3 is 5.97 Å². The van der Waals surface area contributed by atoms with E-state index in [1.165, 1.54) is 30.7 Å². The van der Waals surface area contributed by atoms with Crippen LogP contribution in [-0.4, -0.2) is 16.1 Å². The number of hydrogen-bond donors (Lipinski definition) is 1. The molecule has 1 aromatic heterocycles. The molecule has 0 radical (unpaired) electrons. The van der Waals surface area contributed by atoms with E-state index in [9.17, 15) is 14.3 Å². The summed E-state index contributed by atoms with van der Waals surface area (Å²) in [7, 11) is 0.